The van der Waals surface area contributed by atoms with Gasteiger partial charge in [0.05, 0.1) is 30.2 Å². The van der Waals surface area contributed by atoms with Crippen LogP contribution in [0.2, 0.25) is 0 Å². The second kappa shape index (κ2) is 5.91. The molecule has 0 atom stereocenters. The highest BCUT2D eigenvalue weighted by atomic mass is 19.3. The molecule has 1 aromatic rings. The second-order valence-electron chi connectivity index (χ2n) is 3.33. The van der Waals surface area contributed by atoms with E-state index in [9.17, 15) is 18.4 Å². The van der Waals surface area contributed by atoms with Crippen molar-refractivity contribution in [1.29, 1.82) is 5.26 Å². The SMILES string of the molecule is CCOC(=O)Cc1[nH]c(=O)cc(C#N)c1C(F)F. The van der Waals surface area contributed by atoms with Crippen LogP contribution in [0.5, 0.6) is 0 Å². The molecule has 0 amide bonds. The van der Waals surface area contributed by atoms with E-state index in [2.05, 4.69) is 9.72 Å². The monoisotopic (exact) mass is 256 g/mol. The van der Waals surface area contributed by atoms with Gasteiger partial charge in [-0.1, -0.05) is 0 Å². The highest BCUT2D eigenvalue weighted by molar-refractivity contribution is 5.72. The minimum absolute atomic E-state index is 0.102. The molecule has 0 saturated carbocycles. The van der Waals surface area contributed by atoms with E-state index in [0.717, 1.165) is 6.07 Å². The van der Waals surface area contributed by atoms with Gasteiger partial charge in [0.1, 0.15) is 0 Å². The number of carbonyl (C=O) groups is 1. The molecule has 5 nitrogen and oxygen atoms in total. The number of nitrogens with one attached hydrogen (secondary N) is 1. The first-order valence-electron chi connectivity index (χ1n) is 5.09. The smallest absolute Gasteiger partial charge is 0.311 e. The topological polar surface area (TPSA) is 83.0 Å². The summed E-state index contributed by atoms with van der Waals surface area (Å²) < 4.78 is 30.2. The largest absolute Gasteiger partial charge is 0.466 e. The number of ether oxygens (including phenoxy) is 1. The quantitative estimate of drug-likeness (QED) is 0.823. The number of aromatic nitrogens is 1. The average molecular weight is 256 g/mol. The molecule has 18 heavy (non-hydrogen) atoms. The summed E-state index contributed by atoms with van der Waals surface area (Å²) in [6.45, 7) is 1.67. The van der Waals surface area contributed by atoms with Gasteiger partial charge in [0.25, 0.3) is 6.43 Å². The summed E-state index contributed by atoms with van der Waals surface area (Å²) in [7, 11) is 0. The van der Waals surface area contributed by atoms with Crippen LogP contribution >= 0.6 is 0 Å². The summed E-state index contributed by atoms with van der Waals surface area (Å²) in [5, 5.41) is 8.70. The normalized spacial score (nSPS) is 10.2. The third kappa shape index (κ3) is 3.13. The molecule has 0 saturated heterocycles. The Balaban J connectivity index is 3.25. The Bertz CT molecular complexity index is 546. The second-order valence-corrected chi connectivity index (χ2v) is 3.33. The van der Waals surface area contributed by atoms with E-state index < -0.39 is 35.5 Å². The fourth-order valence-electron chi connectivity index (χ4n) is 1.46. The summed E-state index contributed by atoms with van der Waals surface area (Å²) in [5.41, 5.74) is -2.07. The summed E-state index contributed by atoms with van der Waals surface area (Å²) >= 11 is 0. The number of hydrogen-bond donors (Lipinski definition) is 1. The summed E-state index contributed by atoms with van der Waals surface area (Å²) in [5.74, 6) is -0.745. The van der Waals surface area contributed by atoms with Gasteiger partial charge in [-0.05, 0) is 6.92 Å². The number of pyridine rings is 1. The summed E-state index contributed by atoms with van der Waals surface area (Å²) in [6, 6.07) is 2.29. The summed E-state index contributed by atoms with van der Waals surface area (Å²) in [4.78, 5) is 24.5. The third-order valence-electron chi connectivity index (χ3n) is 2.13. The number of nitriles is 1. The van der Waals surface area contributed by atoms with Crippen LogP contribution in [0, 0.1) is 11.3 Å². The van der Waals surface area contributed by atoms with Gasteiger partial charge in [-0.3, -0.25) is 9.59 Å². The molecule has 0 spiro atoms. The molecule has 0 unspecified atom stereocenters. The molecule has 0 radical (unpaired) electrons. The Morgan fingerprint density at radius 1 is 1.61 bits per heavy atom. The van der Waals surface area contributed by atoms with Crippen molar-refractivity contribution in [3.8, 4) is 6.07 Å². The van der Waals surface area contributed by atoms with Gasteiger partial charge in [0, 0.05) is 11.8 Å². The number of nitrogens with zero attached hydrogens (tertiary/aromatic N) is 1. The Morgan fingerprint density at radius 3 is 2.78 bits per heavy atom. The van der Waals surface area contributed by atoms with Crippen molar-refractivity contribution in [3.05, 3.63) is 33.2 Å². The Morgan fingerprint density at radius 2 is 2.28 bits per heavy atom. The average Bonchev–Trinajstić information content (AvgIpc) is 2.27. The molecule has 0 bridgehead atoms. The maximum atomic E-state index is 12.8. The highest BCUT2D eigenvalue weighted by Gasteiger charge is 2.21. The zero-order valence-corrected chi connectivity index (χ0v) is 9.50. The zero-order valence-electron chi connectivity index (χ0n) is 9.50. The molecule has 1 aromatic heterocycles. The van der Waals surface area contributed by atoms with E-state index in [-0.39, 0.29) is 12.3 Å². The van der Waals surface area contributed by atoms with E-state index in [1.807, 2.05) is 0 Å². The lowest BCUT2D eigenvalue weighted by Gasteiger charge is -2.09. The zero-order chi connectivity index (χ0) is 13.7. The lowest BCUT2D eigenvalue weighted by Crippen LogP contribution is -2.18. The van der Waals surface area contributed by atoms with Gasteiger partial charge in [-0.2, -0.15) is 5.26 Å². The first-order chi connectivity index (χ1) is 8.49. The highest BCUT2D eigenvalue weighted by Crippen LogP contribution is 2.24. The van der Waals surface area contributed by atoms with Crippen molar-refractivity contribution < 1.29 is 18.3 Å². The van der Waals surface area contributed by atoms with Gasteiger partial charge in [0.15, 0.2) is 0 Å². The van der Waals surface area contributed by atoms with Crippen molar-refractivity contribution >= 4 is 5.97 Å². The lowest BCUT2D eigenvalue weighted by molar-refractivity contribution is -0.142. The fraction of sp³-hybridized carbons (Fsp3) is 0.364. The van der Waals surface area contributed by atoms with E-state index in [4.69, 9.17) is 5.26 Å². The Labute approximate surface area is 101 Å². The lowest BCUT2D eigenvalue weighted by atomic mass is 10.1. The van der Waals surface area contributed by atoms with Crippen LogP contribution in [0.3, 0.4) is 0 Å². The molecule has 0 aliphatic heterocycles. The van der Waals surface area contributed by atoms with Crippen LogP contribution in [-0.4, -0.2) is 17.6 Å². The van der Waals surface area contributed by atoms with Crippen molar-refractivity contribution in [1.82, 2.24) is 4.98 Å². The van der Waals surface area contributed by atoms with Gasteiger partial charge < -0.3 is 9.72 Å². The van der Waals surface area contributed by atoms with Crippen LogP contribution in [-0.2, 0) is 16.0 Å². The minimum atomic E-state index is -2.96. The van der Waals surface area contributed by atoms with Crippen LogP contribution in [0.15, 0.2) is 10.9 Å². The fourth-order valence-corrected chi connectivity index (χ4v) is 1.46. The van der Waals surface area contributed by atoms with Crippen molar-refractivity contribution in [2.24, 2.45) is 0 Å². The first-order valence-corrected chi connectivity index (χ1v) is 5.09. The Kier molecular flexibility index (Phi) is 4.54. The molecule has 96 valence electrons. The van der Waals surface area contributed by atoms with E-state index in [1.165, 1.54) is 6.07 Å². The number of rotatable bonds is 4. The van der Waals surface area contributed by atoms with E-state index >= 15 is 0 Å². The molecular weight excluding hydrogens is 246 g/mol. The third-order valence-corrected chi connectivity index (χ3v) is 2.13. The predicted molar refractivity (Wildman–Crippen MR) is 57.1 cm³/mol. The van der Waals surface area contributed by atoms with Gasteiger partial charge in [-0.15, -0.1) is 0 Å². The standard InChI is InChI=1S/C11H10F2N2O3/c1-2-18-9(17)4-7-10(11(12)13)6(5-14)3-8(16)15-7/h3,11H,2,4H2,1H3,(H,15,16). The van der Waals surface area contributed by atoms with Crippen LogP contribution in [0.25, 0.3) is 0 Å². The van der Waals surface area contributed by atoms with Crippen LogP contribution < -0.4 is 5.56 Å². The first kappa shape index (κ1) is 13.8. The number of hydrogen-bond acceptors (Lipinski definition) is 4. The number of esters is 1. The number of aromatic amines is 1. The molecule has 0 aliphatic carbocycles. The molecule has 0 aromatic carbocycles. The van der Waals surface area contributed by atoms with Gasteiger partial charge in [0.2, 0.25) is 5.56 Å². The maximum Gasteiger partial charge on any atom is 0.311 e. The molecule has 7 heteroatoms. The molecule has 0 fully saturated rings. The molecule has 1 rings (SSSR count). The van der Waals surface area contributed by atoms with Crippen LogP contribution in [0.4, 0.5) is 8.78 Å². The maximum absolute atomic E-state index is 12.8. The number of carbonyl (C=O) groups excluding carboxylic acids is 1. The van der Waals surface area contributed by atoms with Crippen molar-refractivity contribution in [2.75, 3.05) is 6.61 Å². The van der Waals surface area contributed by atoms with Gasteiger partial charge in [-0.25, -0.2) is 8.78 Å². The number of halogens is 2. The van der Waals surface area contributed by atoms with Crippen molar-refractivity contribution in [3.63, 3.8) is 0 Å². The van der Waals surface area contributed by atoms with E-state index in [0.29, 0.717) is 0 Å². The molecular formula is C11H10F2N2O3. The van der Waals surface area contributed by atoms with Gasteiger partial charge >= 0.3 is 5.97 Å². The molecule has 1 N–H and O–H groups in total. The van der Waals surface area contributed by atoms with Crippen molar-refractivity contribution in [2.45, 2.75) is 19.8 Å². The predicted octanol–water partition coefficient (Wildman–Crippen LogP) is 1.29. The number of H-pyrrole nitrogens is 1. The number of alkyl halides is 2. The minimum Gasteiger partial charge on any atom is -0.466 e. The Hall–Kier alpha value is -2.23. The summed E-state index contributed by atoms with van der Waals surface area (Å²) in [6.07, 6.45) is -3.46. The van der Waals surface area contributed by atoms with Crippen LogP contribution in [0.1, 0.15) is 30.2 Å². The molecule has 1 heterocycles. The molecule has 0 aliphatic rings. The van der Waals surface area contributed by atoms with E-state index in [1.54, 1.807) is 6.92 Å².